The van der Waals surface area contributed by atoms with Gasteiger partial charge < -0.3 is 9.63 Å². The molecule has 0 bridgehead atoms. The number of hydrogen-bond acceptors (Lipinski definition) is 6. The van der Waals surface area contributed by atoms with E-state index < -0.39 is 0 Å². The fourth-order valence-corrected chi connectivity index (χ4v) is 2.78. The van der Waals surface area contributed by atoms with Crippen molar-refractivity contribution < 1.29 is 9.63 Å². The van der Waals surface area contributed by atoms with Gasteiger partial charge in [-0.2, -0.15) is 4.98 Å². The minimum atomic E-state index is 0.112. The van der Waals surface area contributed by atoms with Crippen molar-refractivity contribution in [2.75, 3.05) is 39.3 Å². The van der Waals surface area contributed by atoms with Crippen LogP contribution in [0.1, 0.15) is 18.9 Å². The molecule has 0 aliphatic carbocycles. The Morgan fingerprint density at radius 2 is 1.91 bits per heavy atom. The minimum Gasteiger partial charge on any atom is -0.395 e. The lowest BCUT2D eigenvalue weighted by Crippen LogP contribution is -2.47. The van der Waals surface area contributed by atoms with E-state index in [1.165, 1.54) is 0 Å². The van der Waals surface area contributed by atoms with Gasteiger partial charge in [0.1, 0.15) is 0 Å². The Balaban J connectivity index is 1.64. The predicted octanol–water partition coefficient (Wildman–Crippen LogP) is 1.41. The lowest BCUT2D eigenvalue weighted by atomic mass is 10.2. The van der Waals surface area contributed by atoms with Crippen LogP contribution in [0, 0.1) is 0 Å². The molecule has 1 aliphatic rings. The highest BCUT2D eigenvalue weighted by atomic mass is 16.5. The SMILES string of the molecule is CC(c1nc(-c2ccccc2)no1)N1CCN(CCO)CC1. The highest BCUT2D eigenvalue weighted by molar-refractivity contribution is 5.53. The highest BCUT2D eigenvalue weighted by Gasteiger charge is 2.25. The molecule has 0 radical (unpaired) electrons. The first kappa shape index (κ1) is 15.1. The number of rotatable bonds is 5. The van der Waals surface area contributed by atoms with E-state index in [0.29, 0.717) is 11.7 Å². The summed E-state index contributed by atoms with van der Waals surface area (Å²) in [5.41, 5.74) is 0.970. The molecule has 6 nitrogen and oxygen atoms in total. The molecule has 1 fully saturated rings. The molecule has 118 valence electrons. The largest absolute Gasteiger partial charge is 0.395 e. The first-order valence-corrected chi connectivity index (χ1v) is 7.74. The number of aliphatic hydroxyl groups is 1. The zero-order valence-corrected chi connectivity index (χ0v) is 12.9. The molecule has 0 spiro atoms. The van der Waals surface area contributed by atoms with Crippen molar-refractivity contribution in [3.05, 3.63) is 36.2 Å². The third-order valence-corrected chi connectivity index (χ3v) is 4.20. The number of hydrogen-bond donors (Lipinski definition) is 1. The minimum absolute atomic E-state index is 0.112. The van der Waals surface area contributed by atoms with Crippen LogP contribution in [-0.4, -0.2) is 64.4 Å². The van der Waals surface area contributed by atoms with E-state index in [0.717, 1.165) is 38.3 Å². The number of β-amino-alcohol motifs (C(OH)–C–C–N with tert-alkyl or cyclic N) is 1. The standard InChI is InChI=1S/C16H22N4O2/c1-13(20-9-7-19(8-10-20)11-12-21)16-17-15(18-22-16)14-5-3-2-4-6-14/h2-6,13,21H,7-12H2,1H3. The number of aliphatic hydroxyl groups excluding tert-OH is 1. The van der Waals surface area contributed by atoms with E-state index in [2.05, 4.69) is 26.9 Å². The second-order valence-corrected chi connectivity index (χ2v) is 5.60. The lowest BCUT2D eigenvalue weighted by Gasteiger charge is -2.36. The van der Waals surface area contributed by atoms with E-state index in [1.54, 1.807) is 0 Å². The summed E-state index contributed by atoms with van der Waals surface area (Å²) in [6.45, 7) is 6.90. The summed E-state index contributed by atoms with van der Waals surface area (Å²) in [7, 11) is 0. The van der Waals surface area contributed by atoms with Crippen LogP contribution in [0.15, 0.2) is 34.9 Å². The van der Waals surface area contributed by atoms with Crippen LogP contribution in [-0.2, 0) is 0 Å². The summed E-state index contributed by atoms with van der Waals surface area (Å²) < 4.78 is 5.45. The van der Waals surface area contributed by atoms with Gasteiger partial charge in [-0.05, 0) is 6.92 Å². The Bertz CT molecular complexity index is 579. The Labute approximate surface area is 130 Å². The van der Waals surface area contributed by atoms with Gasteiger partial charge in [-0.1, -0.05) is 35.5 Å². The van der Waals surface area contributed by atoms with Crippen molar-refractivity contribution in [1.82, 2.24) is 19.9 Å². The quantitative estimate of drug-likeness (QED) is 0.901. The summed E-state index contributed by atoms with van der Waals surface area (Å²) in [5, 5.41) is 13.1. The third-order valence-electron chi connectivity index (χ3n) is 4.20. The van der Waals surface area contributed by atoms with Crippen LogP contribution >= 0.6 is 0 Å². The molecule has 6 heteroatoms. The zero-order valence-electron chi connectivity index (χ0n) is 12.9. The summed E-state index contributed by atoms with van der Waals surface area (Å²) in [6.07, 6.45) is 0. The van der Waals surface area contributed by atoms with Crippen molar-refractivity contribution in [3.63, 3.8) is 0 Å². The van der Waals surface area contributed by atoms with Gasteiger partial charge in [-0.25, -0.2) is 0 Å². The number of piperazine rings is 1. The summed E-state index contributed by atoms with van der Waals surface area (Å²) in [4.78, 5) is 9.15. The number of aromatic nitrogens is 2. The van der Waals surface area contributed by atoms with Crippen LogP contribution in [0.25, 0.3) is 11.4 Å². The zero-order chi connectivity index (χ0) is 15.4. The normalized spacial score (nSPS) is 18.5. The molecular formula is C16H22N4O2. The van der Waals surface area contributed by atoms with Gasteiger partial charge in [0.05, 0.1) is 12.6 Å². The first-order valence-electron chi connectivity index (χ1n) is 7.74. The second-order valence-electron chi connectivity index (χ2n) is 5.60. The smallest absolute Gasteiger partial charge is 0.244 e. The molecule has 2 aromatic rings. The molecule has 1 N–H and O–H groups in total. The van der Waals surface area contributed by atoms with E-state index in [1.807, 2.05) is 30.3 Å². The molecular weight excluding hydrogens is 280 g/mol. The maximum absolute atomic E-state index is 8.99. The average Bonchev–Trinajstić information content (AvgIpc) is 3.06. The summed E-state index contributed by atoms with van der Waals surface area (Å²) in [6, 6.07) is 9.98. The van der Waals surface area contributed by atoms with Crippen molar-refractivity contribution in [3.8, 4) is 11.4 Å². The van der Waals surface area contributed by atoms with Crippen molar-refractivity contribution in [2.24, 2.45) is 0 Å². The van der Waals surface area contributed by atoms with Gasteiger partial charge >= 0.3 is 0 Å². The van der Waals surface area contributed by atoms with Crippen LogP contribution in [0.3, 0.4) is 0 Å². The second kappa shape index (κ2) is 7.00. The fourth-order valence-electron chi connectivity index (χ4n) is 2.78. The number of benzene rings is 1. The van der Waals surface area contributed by atoms with Gasteiger partial charge in [-0.3, -0.25) is 9.80 Å². The van der Waals surface area contributed by atoms with E-state index in [4.69, 9.17) is 9.63 Å². The van der Waals surface area contributed by atoms with E-state index in [-0.39, 0.29) is 12.6 Å². The molecule has 0 amide bonds. The van der Waals surface area contributed by atoms with Gasteiger partial charge in [0.2, 0.25) is 11.7 Å². The first-order chi connectivity index (χ1) is 10.8. The van der Waals surface area contributed by atoms with Crippen molar-refractivity contribution >= 4 is 0 Å². The van der Waals surface area contributed by atoms with E-state index in [9.17, 15) is 0 Å². The molecule has 1 aromatic heterocycles. The molecule has 0 saturated carbocycles. The molecule has 22 heavy (non-hydrogen) atoms. The topological polar surface area (TPSA) is 65.6 Å². The van der Waals surface area contributed by atoms with Crippen molar-refractivity contribution in [2.45, 2.75) is 13.0 Å². The Hall–Kier alpha value is -1.76. The molecule has 2 heterocycles. The highest BCUT2D eigenvalue weighted by Crippen LogP contribution is 2.23. The molecule has 1 aromatic carbocycles. The fraction of sp³-hybridized carbons (Fsp3) is 0.500. The maximum atomic E-state index is 8.99. The molecule has 1 unspecified atom stereocenters. The van der Waals surface area contributed by atoms with Crippen molar-refractivity contribution in [1.29, 1.82) is 0 Å². The summed E-state index contributed by atoms with van der Waals surface area (Å²) in [5.74, 6) is 1.30. The number of nitrogens with zero attached hydrogens (tertiary/aromatic N) is 4. The summed E-state index contributed by atoms with van der Waals surface area (Å²) >= 11 is 0. The van der Waals surface area contributed by atoms with Gasteiger partial charge in [0.15, 0.2) is 0 Å². The molecule has 1 saturated heterocycles. The molecule has 1 aliphatic heterocycles. The monoisotopic (exact) mass is 302 g/mol. The van der Waals surface area contributed by atoms with E-state index >= 15 is 0 Å². The van der Waals surface area contributed by atoms with Gasteiger partial charge in [0, 0.05) is 38.3 Å². The maximum Gasteiger partial charge on any atom is 0.244 e. The Kier molecular flexibility index (Phi) is 4.82. The van der Waals surface area contributed by atoms with Crippen LogP contribution in [0.4, 0.5) is 0 Å². The van der Waals surface area contributed by atoms with Gasteiger partial charge in [-0.15, -0.1) is 0 Å². The lowest BCUT2D eigenvalue weighted by molar-refractivity contribution is 0.0776. The van der Waals surface area contributed by atoms with Crippen LogP contribution < -0.4 is 0 Å². The van der Waals surface area contributed by atoms with Gasteiger partial charge in [0.25, 0.3) is 0 Å². The average molecular weight is 302 g/mol. The third kappa shape index (κ3) is 3.35. The predicted molar refractivity (Wildman–Crippen MR) is 83.2 cm³/mol. The Morgan fingerprint density at radius 1 is 1.18 bits per heavy atom. The van der Waals surface area contributed by atoms with Crippen LogP contribution in [0.2, 0.25) is 0 Å². The van der Waals surface area contributed by atoms with Crippen LogP contribution in [0.5, 0.6) is 0 Å². The Morgan fingerprint density at radius 3 is 2.59 bits per heavy atom. The molecule has 1 atom stereocenters. The molecule has 3 rings (SSSR count).